The number of carbonyl (C=O) groups excluding carboxylic acids is 3. The van der Waals surface area contributed by atoms with Gasteiger partial charge in [0, 0.05) is 26.2 Å². The molecule has 1 atom stereocenters. The zero-order valence-corrected chi connectivity index (χ0v) is 18.5. The van der Waals surface area contributed by atoms with Crippen molar-refractivity contribution in [3.63, 3.8) is 0 Å². The van der Waals surface area contributed by atoms with E-state index >= 15 is 0 Å². The van der Waals surface area contributed by atoms with Crippen molar-refractivity contribution in [2.45, 2.75) is 32.2 Å². The Morgan fingerprint density at radius 1 is 1.12 bits per heavy atom. The molecule has 32 heavy (non-hydrogen) atoms. The van der Waals surface area contributed by atoms with E-state index < -0.39 is 6.04 Å². The summed E-state index contributed by atoms with van der Waals surface area (Å²) in [6, 6.07) is 9.80. The summed E-state index contributed by atoms with van der Waals surface area (Å²) in [5.41, 5.74) is 1.66. The van der Waals surface area contributed by atoms with E-state index in [1.54, 1.807) is 24.3 Å². The third-order valence-electron chi connectivity index (χ3n) is 6.07. The number of hydrogen-bond acceptors (Lipinski definition) is 6. The van der Waals surface area contributed by atoms with E-state index in [2.05, 4.69) is 18.7 Å². The topological polar surface area (TPSA) is 83.3 Å². The van der Waals surface area contributed by atoms with Crippen LogP contribution in [0.1, 0.15) is 42.3 Å². The molecule has 2 saturated heterocycles. The van der Waals surface area contributed by atoms with Crippen LogP contribution in [-0.4, -0.2) is 73.0 Å². The fraction of sp³-hybridized carbons (Fsp3) is 0.458. The van der Waals surface area contributed by atoms with Crippen LogP contribution in [0.2, 0.25) is 0 Å². The molecular weight excluding hydrogens is 410 g/mol. The van der Waals surface area contributed by atoms with Crippen molar-refractivity contribution in [2.24, 2.45) is 0 Å². The first-order chi connectivity index (χ1) is 15.5. The summed E-state index contributed by atoms with van der Waals surface area (Å²) in [6.07, 6.45) is 1.39. The van der Waals surface area contributed by atoms with Crippen LogP contribution in [-0.2, 0) is 14.3 Å². The zero-order chi connectivity index (χ0) is 22.7. The third kappa shape index (κ3) is 4.61. The molecule has 0 spiro atoms. The Labute approximate surface area is 187 Å². The maximum Gasteiger partial charge on any atom is 0.290 e. The monoisotopic (exact) mass is 439 g/mol. The predicted octanol–water partition coefficient (Wildman–Crippen LogP) is 2.51. The number of rotatable bonds is 7. The Bertz CT molecular complexity index is 949. The number of hydrogen-bond donors (Lipinski definition) is 0. The minimum Gasteiger partial charge on any atom is -0.459 e. The number of imide groups is 1. The summed E-state index contributed by atoms with van der Waals surface area (Å²) in [4.78, 5) is 44.3. The van der Waals surface area contributed by atoms with E-state index in [4.69, 9.17) is 9.15 Å². The van der Waals surface area contributed by atoms with E-state index in [0.717, 1.165) is 18.7 Å². The zero-order valence-electron chi connectivity index (χ0n) is 18.5. The van der Waals surface area contributed by atoms with E-state index in [0.29, 0.717) is 37.9 Å². The molecule has 3 amide bonds. The van der Waals surface area contributed by atoms with Crippen LogP contribution in [0.15, 0.2) is 47.1 Å². The molecule has 0 radical (unpaired) electrons. The summed E-state index contributed by atoms with van der Waals surface area (Å²) in [5, 5.41) is 0. The fourth-order valence-electron chi connectivity index (χ4n) is 4.15. The molecule has 0 aliphatic carbocycles. The molecule has 170 valence electrons. The smallest absolute Gasteiger partial charge is 0.290 e. The maximum absolute atomic E-state index is 13.3. The van der Waals surface area contributed by atoms with Gasteiger partial charge in [-0.2, -0.15) is 0 Å². The van der Waals surface area contributed by atoms with Gasteiger partial charge in [-0.3, -0.25) is 19.3 Å². The van der Waals surface area contributed by atoms with Gasteiger partial charge in [-0.1, -0.05) is 26.0 Å². The molecule has 8 nitrogen and oxygen atoms in total. The number of morpholine rings is 1. The number of amides is 3. The highest BCUT2D eigenvalue weighted by Gasteiger charge is 2.45. The summed E-state index contributed by atoms with van der Waals surface area (Å²) >= 11 is 0. The van der Waals surface area contributed by atoms with Crippen LogP contribution < -0.4 is 4.90 Å². The molecule has 3 heterocycles. The van der Waals surface area contributed by atoms with Crippen molar-refractivity contribution in [3.8, 4) is 0 Å². The molecule has 2 fully saturated rings. The predicted molar refractivity (Wildman–Crippen MR) is 118 cm³/mol. The molecule has 1 aromatic carbocycles. The van der Waals surface area contributed by atoms with Crippen molar-refractivity contribution in [1.29, 1.82) is 0 Å². The molecule has 0 saturated carbocycles. The number of nitrogens with zero attached hydrogens (tertiary/aromatic N) is 3. The third-order valence-corrected chi connectivity index (χ3v) is 6.07. The molecular formula is C24H29N3O5. The van der Waals surface area contributed by atoms with Gasteiger partial charge in [0.15, 0.2) is 5.76 Å². The van der Waals surface area contributed by atoms with Crippen molar-refractivity contribution < 1.29 is 23.5 Å². The van der Waals surface area contributed by atoms with Crippen LogP contribution in [0.4, 0.5) is 5.69 Å². The van der Waals surface area contributed by atoms with Crippen molar-refractivity contribution in [2.75, 3.05) is 44.3 Å². The van der Waals surface area contributed by atoms with E-state index in [9.17, 15) is 14.4 Å². The molecule has 0 bridgehead atoms. The highest BCUT2D eigenvalue weighted by molar-refractivity contribution is 6.23. The number of benzene rings is 1. The number of anilines is 1. The first-order valence-corrected chi connectivity index (χ1v) is 11.1. The molecule has 2 aliphatic rings. The van der Waals surface area contributed by atoms with Crippen LogP contribution in [0, 0.1) is 0 Å². The van der Waals surface area contributed by atoms with Crippen LogP contribution in [0.3, 0.4) is 0 Å². The van der Waals surface area contributed by atoms with Crippen molar-refractivity contribution >= 4 is 23.4 Å². The lowest BCUT2D eigenvalue weighted by Crippen LogP contribution is -2.49. The average Bonchev–Trinajstić information content (AvgIpc) is 3.43. The normalized spacial score (nSPS) is 19.7. The lowest BCUT2D eigenvalue weighted by Gasteiger charge is -2.31. The van der Waals surface area contributed by atoms with E-state index in [1.807, 2.05) is 12.1 Å². The highest BCUT2D eigenvalue weighted by atomic mass is 16.5. The van der Waals surface area contributed by atoms with Gasteiger partial charge < -0.3 is 14.1 Å². The van der Waals surface area contributed by atoms with Gasteiger partial charge in [0.2, 0.25) is 5.91 Å². The van der Waals surface area contributed by atoms with Crippen LogP contribution in [0.5, 0.6) is 0 Å². The van der Waals surface area contributed by atoms with Gasteiger partial charge in [-0.15, -0.1) is 0 Å². The Kier molecular flexibility index (Phi) is 6.72. The quantitative estimate of drug-likeness (QED) is 0.617. The molecule has 2 aromatic rings. The molecule has 0 N–H and O–H groups in total. The van der Waals surface area contributed by atoms with Gasteiger partial charge in [0.05, 0.1) is 31.6 Å². The molecule has 1 unspecified atom stereocenters. The highest BCUT2D eigenvalue weighted by Crippen LogP contribution is 2.28. The van der Waals surface area contributed by atoms with Crippen molar-refractivity contribution in [1.82, 2.24) is 9.80 Å². The fourth-order valence-corrected chi connectivity index (χ4v) is 4.15. The molecule has 1 aromatic heterocycles. The second-order valence-electron chi connectivity index (χ2n) is 8.46. The van der Waals surface area contributed by atoms with E-state index in [1.165, 1.54) is 16.1 Å². The minimum atomic E-state index is -0.856. The Morgan fingerprint density at radius 3 is 2.47 bits per heavy atom. The lowest BCUT2D eigenvalue weighted by molar-refractivity contribution is -0.122. The second-order valence-corrected chi connectivity index (χ2v) is 8.46. The lowest BCUT2D eigenvalue weighted by atomic mass is 10.0. The molecule has 8 heteroatoms. The van der Waals surface area contributed by atoms with Crippen LogP contribution >= 0.6 is 0 Å². The SMILES string of the molecule is CC(C)c1ccc(N2C(=O)CC(N(CCN3CCOCC3)C(=O)c3ccco3)C2=O)cc1. The second kappa shape index (κ2) is 9.67. The summed E-state index contributed by atoms with van der Waals surface area (Å²) in [6.45, 7) is 7.93. The maximum atomic E-state index is 13.3. The van der Waals surface area contributed by atoms with Crippen LogP contribution in [0.25, 0.3) is 0 Å². The minimum absolute atomic E-state index is 0.0413. The summed E-state index contributed by atoms with van der Waals surface area (Å²) in [7, 11) is 0. The standard InChI is InChI=1S/C24H29N3O5/c1-17(2)18-5-7-19(8-6-18)27-22(28)16-20(23(27)29)26(24(30)21-4-3-13-32-21)10-9-25-11-14-31-15-12-25/h3-8,13,17,20H,9-12,14-16H2,1-2H3. The van der Waals surface area contributed by atoms with Gasteiger partial charge in [0.25, 0.3) is 11.8 Å². The molecule has 4 rings (SSSR count). The number of furan rings is 1. The average molecular weight is 440 g/mol. The molecule has 2 aliphatic heterocycles. The first-order valence-electron chi connectivity index (χ1n) is 11.1. The van der Waals surface area contributed by atoms with Crippen molar-refractivity contribution in [3.05, 3.63) is 54.0 Å². The Hall–Kier alpha value is -2.97. The van der Waals surface area contributed by atoms with Gasteiger partial charge in [-0.25, -0.2) is 4.90 Å². The van der Waals surface area contributed by atoms with Gasteiger partial charge in [-0.05, 0) is 35.7 Å². The van der Waals surface area contributed by atoms with Gasteiger partial charge in [0.1, 0.15) is 6.04 Å². The number of carbonyl (C=O) groups is 3. The largest absolute Gasteiger partial charge is 0.459 e. The van der Waals surface area contributed by atoms with Gasteiger partial charge >= 0.3 is 0 Å². The Balaban J connectivity index is 1.55. The Morgan fingerprint density at radius 2 is 1.84 bits per heavy atom. The van der Waals surface area contributed by atoms with E-state index in [-0.39, 0.29) is 29.9 Å². The summed E-state index contributed by atoms with van der Waals surface area (Å²) < 4.78 is 10.7. The summed E-state index contributed by atoms with van der Waals surface area (Å²) in [5.74, 6) is -0.558. The first kappa shape index (κ1) is 22.2. The number of ether oxygens (including phenoxy) is 1.